The number of rotatable bonds is 4. The van der Waals surface area contributed by atoms with E-state index in [0.717, 1.165) is 28.1 Å². The van der Waals surface area contributed by atoms with Gasteiger partial charge in [0.25, 0.3) is 0 Å². The van der Waals surface area contributed by atoms with E-state index in [1.165, 1.54) is 6.33 Å². The summed E-state index contributed by atoms with van der Waals surface area (Å²) in [6, 6.07) is 15.1. The van der Waals surface area contributed by atoms with Gasteiger partial charge in [0.05, 0.1) is 17.3 Å². The molecule has 0 aliphatic carbocycles. The predicted molar refractivity (Wildman–Crippen MR) is 100 cm³/mol. The zero-order chi connectivity index (χ0) is 17.2. The second-order valence-electron chi connectivity index (χ2n) is 5.48. The summed E-state index contributed by atoms with van der Waals surface area (Å²) in [5.41, 5.74) is 2.69. The minimum atomic E-state index is 0.610. The minimum absolute atomic E-state index is 0.610. The number of aromatic nitrogens is 4. The van der Waals surface area contributed by atoms with Crippen LogP contribution >= 0.6 is 23.2 Å². The fourth-order valence-electron chi connectivity index (χ4n) is 2.59. The molecule has 0 atom stereocenters. The summed E-state index contributed by atoms with van der Waals surface area (Å²) in [6.07, 6.45) is 3.28. The Kier molecular flexibility index (Phi) is 4.26. The number of fused-ring (bicyclic) bond motifs is 1. The predicted octanol–water partition coefficient (Wildman–Crippen LogP) is 4.73. The van der Waals surface area contributed by atoms with Crippen molar-refractivity contribution >= 4 is 40.1 Å². The Bertz CT molecular complexity index is 1030. The molecule has 0 saturated heterocycles. The van der Waals surface area contributed by atoms with Gasteiger partial charge in [-0.2, -0.15) is 5.10 Å². The first kappa shape index (κ1) is 15.9. The number of hydrogen-bond donors (Lipinski definition) is 1. The van der Waals surface area contributed by atoms with Crippen LogP contribution in [0, 0.1) is 0 Å². The number of anilines is 1. The number of nitrogens with zero attached hydrogens (tertiary/aromatic N) is 4. The van der Waals surface area contributed by atoms with E-state index in [0.29, 0.717) is 16.6 Å². The van der Waals surface area contributed by atoms with Crippen molar-refractivity contribution in [2.45, 2.75) is 6.54 Å². The van der Waals surface area contributed by atoms with Gasteiger partial charge in [0.15, 0.2) is 5.65 Å². The minimum Gasteiger partial charge on any atom is -0.365 e. The van der Waals surface area contributed by atoms with Crippen molar-refractivity contribution in [1.82, 2.24) is 19.7 Å². The first-order valence-electron chi connectivity index (χ1n) is 7.64. The number of hydrogen-bond acceptors (Lipinski definition) is 4. The Morgan fingerprint density at radius 3 is 2.60 bits per heavy atom. The van der Waals surface area contributed by atoms with Crippen molar-refractivity contribution in [2.24, 2.45) is 0 Å². The monoisotopic (exact) mass is 369 g/mol. The van der Waals surface area contributed by atoms with Crippen molar-refractivity contribution in [2.75, 3.05) is 5.32 Å². The molecular weight excluding hydrogens is 357 g/mol. The fraction of sp³-hybridized carbons (Fsp3) is 0.0556. The van der Waals surface area contributed by atoms with E-state index in [-0.39, 0.29) is 0 Å². The van der Waals surface area contributed by atoms with Gasteiger partial charge in [0.2, 0.25) is 0 Å². The van der Waals surface area contributed by atoms with Crippen molar-refractivity contribution in [3.8, 4) is 5.69 Å². The first-order valence-corrected chi connectivity index (χ1v) is 8.39. The Morgan fingerprint density at radius 1 is 0.960 bits per heavy atom. The van der Waals surface area contributed by atoms with Gasteiger partial charge in [-0.25, -0.2) is 14.6 Å². The molecule has 4 rings (SSSR count). The highest BCUT2D eigenvalue weighted by Crippen LogP contribution is 2.23. The first-order chi connectivity index (χ1) is 12.2. The molecule has 4 aromatic rings. The lowest BCUT2D eigenvalue weighted by Gasteiger charge is -2.07. The lowest BCUT2D eigenvalue weighted by Crippen LogP contribution is -2.03. The van der Waals surface area contributed by atoms with Crippen molar-refractivity contribution < 1.29 is 0 Å². The molecule has 1 N–H and O–H groups in total. The van der Waals surface area contributed by atoms with Crippen LogP contribution in [0.15, 0.2) is 61.1 Å². The maximum atomic E-state index is 6.03. The van der Waals surface area contributed by atoms with Crippen LogP contribution in [0.1, 0.15) is 5.56 Å². The van der Waals surface area contributed by atoms with Gasteiger partial charge in [-0.1, -0.05) is 35.3 Å². The van der Waals surface area contributed by atoms with Gasteiger partial charge in [0, 0.05) is 16.6 Å². The van der Waals surface area contributed by atoms with Crippen molar-refractivity contribution in [3.63, 3.8) is 0 Å². The third-order valence-electron chi connectivity index (χ3n) is 3.79. The molecule has 2 aromatic heterocycles. The summed E-state index contributed by atoms with van der Waals surface area (Å²) in [5, 5.41) is 9.99. The van der Waals surface area contributed by atoms with E-state index in [1.54, 1.807) is 10.9 Å². The molecule has 2 heterocycles. The van der Waals surface area contributed by atoms with Gasteiger partial charge in [-0.3, -0.25) is 0 Å². The molecule has 2 aromatic carbocycles. The van der Waals surface area contributed by atoms with E-state index < -0.39 is 0 Å². The number of halogens is 2. The lowest BCUT2D eigenvalue weighted by atomic mass is 10.2. The molecule has 0 fully saturated rings. The third-order valence-corrected chi connectivity index (χ3v) is 4.27. The maximum Gasteiger partial charge on any atom is 0.168 e. The summed E-state index contributed by atoms with van der Waals surface area (Å²) < 4.78 is 1.76. The third kappa shape index (κ3) is 3.29. The SMILES string of the molecule is Clc1ccc(-n2ncc3c(NCc4cccc(Cl)c4)ncnc32)cc1. The standard InChI is InChI=1S/C18H13Cl2N5/c19-13-4-6-15(7-5-13)25-18-16(10-24-25)17(22-11-23-18)21-9-12-2-1-3-14(20)8-12/h1-8,10-11H,9H2,(H,21,22,23). The van der Waals surface area contributed by atoms with Gasteiger partial charge in [0.1, 0.15) is 12.1 Å². The van der Waals surface area contributed by atoms with E-state index in [2.05, 4.69) is 20.4 Å². The molecule has 0 saturated carbocycles. The molecule has 0 unspecified atom stereocenters. The van der Waals surface area contributed by atoms with Crippen LogP contribution in [-0.4, -0.2) is 19.7 Å². The second-order valence-corrected chi connectivity index (χ2v) is 6.35. The quantitative estimate of drug-likeness (QED) is 0.564. The average Bonchev–Trinajstić information content (AvgIpc) is 3.05. The highest BCUT2D eigenvalue weighted by molar-refractivity contribution is 6.30. The van der Waals surface area contributed by atoms with Crippen LogP contribution in [0.5, 0.6) is 0 Å². The van der Waals surface area contributed by atoms with Crippen LogP contribution in [-0.2, 0) is 6.54 Å². The van der Waals surface area contributed by atoms with Crippen LogP contribution in [0.3, 0.4) is 0 Å². The summed E-state index contributed by atoms with van der Waals surface area (Å²) >= 11 is 12.0. The lowest BCUT2D eigenvalue weighted by molar-refractivity contribution is 0.895. The van der Waals surface area contributed by atoms with Crippen LogP contribution < -0.4 is 5.32 Å². The molecule has 0 radical (unpaired) electrons. The molecule has 5 nitrogen and oxygen atoms in total. The second kappa shape index (κ2) is 6.70. The smallest absolute Gasteiger partial charge is 0.168 e. The number of benzene rings is 2. The summed E-state index contributed by atoms with van der Waals surface area (Å²) in [4.78, 5) is 8.70. The Balaban J connectivity index is 1.66. The Hall–Kier alpha value is -2.63. The molecule has 25 heavy (non-hydrogen) atoms. The van der Waals surface area contributed by atoms with E-state index in [4.69, 9.17) is 23.2 Å². The molecule has 124 valence electrons. The van der Waals surface area contributed by atoms with Gasteiger partial charge in [-0.05, 0) is 42.0 Å². The summed E-state index contributed by atoms with van der Waals surface area (Å²) in [6.45, 7) is 0.610. The van der Waals surface area contributed by atoms with Crippen molar-refractivity contribution in [1.29, 1.82) is 0 Å². The summed E-state index contributed by atoms with van der Waals surface area (Å²) in [7, 11) is 0. The van der Waals surface area contributed by atoms with Gasteiger partial charge < -0.3 is 5.32 Å². The molecule has 7 heteroatoms. The normalized spacial score (nSPS) is 11.0. The van der Waals surface area contributed by atoms with Crippen LogP contribution in [0.25, 0.3) is 16.7 Å². The highest BCUT2D eigenvalue weighted by Gasteiger charge is 2.11. The van der Waals surface area contributed by atoms with E-state index in [9.17, 15) is 0 Å². The molecule has 0 bridgehead atoms. The van der Waals surface area contributed by atoms with Gasteiger partial charge >= 0.3 is 0 Å². The summed E-state index contributed by atoms with van der Waals surface area (Å²) in [5.74, 6) is 0.727. The van der Waals surface area contributed by atoms with Gasteiger partial charge in [-0.15, -0.1) is 0 Å². The molecule has 0 spiro atoms. The van der Waals surface area contributed by atoms with Crippen LogP contribution in [0.4, 0.5) is 5.82 Å². The zero-order valence-electron chi connectivity index (χ0n) is 13.0. The Morgan fingerprint density at radius 2 is 1.80 bits per heavy atom. The Labute approximate surface area is 154 Å². The highest BCUT2D eigenvalue weighted by atomic mass is 35.5. The molecule has 0 aliphatic rings. The number of nitrogens with one attached hydrogen (secondary N) is 1. The largest absolute Gasteiger partial charge is 0.365 e. The zero-order valence-corrected chi connectivity index (χ0v) is 14.5. The molecular formula is C18H13Cl2N5. The maximum absolute atomic E-state index is 6.03. The van der Waals surface area contributed by atoms with E-state index >= 15 is 0 Å². The topological polar surface area (TPSA) is 55.6 Å². The molecule has 0 amide bonds. The average molecular weight is 370 g/mol. The molecule has 0 aliphatic heterocycles. The van der Waals surface area contributed by atoms with Crippen molar-refractivity contribution in [3.05, 3.63) is 76.7 Å². The van der Waals surface area contributed by atoms with E-state index in [1.807, 2.05) is 48.5 Å². The fourth-order valence-corrected chi connectivity index (χ4v) is 2.93. The van der Waals surface area contributed by atoms with Crippen LogP contribution in [0.2, 0.25) is 10.0 Å².